The zero-order valence-electron chi connectivity index (χ0n) is 12.7. The van der Waals surface area contributed by atoms with Crippen LogP contribution in [0.4, 0.5) is 4.79 Å². The summed E-state index contributed by atoms with van der Waals surface area (Å²) in [5.41, 5.74) is -1.02. The number of carbonyl (C=O) groups excluding carboxylic acids is 3. The molecular weight excluding hydrogens is 274 g/mol. The Morgan fingerprint density at radius 3 is 2.48 bits per heavy atom. The number of carbonyl (C=O) groups is 3. The van der Waals surface area contributed by atoms with Crippen LogP contribution in [-0.2, 0) is 14.3 Å². The summed E-state index contributed by atoms with van der Waals surface area (Å²) >= 11 is 0. The van der Waals surface area contributed by atoms with Crippen molar-refractivity contribution in [3.8, 4) is 0 Å². The third-order valence-electron chi connectivity index (χ3n) is 4.15. The molecule has 1 saturated carbocycles. The van der Waals surface area contributed by atoms with E-state index in [2.05, 4.69) is 5.32 Å². The lowest BCUT2D eigenvalue weighted by atomic mass is 9.82. The number of imide groups is 2. The molecule has 0 bridgehead atoms. The summed E-state index contributed by atoms with van der Waals surface area (Å²) in [7, 11) is 3.89. The molecule has 0 aromatic heterocycles. The molecule has 1 N–H and O–H groups in total. The third-order valence-corrected chi connectivity index (χ3v) is 4.15. The summed E-state index contributed by atoms with van der Waals surface area (Å²) in [5.74, 6) is -0.787. The lowest BCUT2D eigenvalue weighted by Crippen LogP contribution is -2.63. The highest BCUT2D eigenvalue weighted by Crippen LogP contribution is 2.41. The second kappa shape index (κ2) is 6.53. The maximum atomic E-state index is 12.5. The van der Waals surface area contributed by atoms with Crippen LogP contribution in [0.15, 0.2) is 0 Å². The number of amides is 4. The van der Waals surface area contributed by atoms with E-state index in [1.807, 2.05) is 19.0 Å². The van der Waals surface area contributed by atoms with Crippen LogP contribution in [-0.4, -0.2) is 68.0 Å². The Morgan fingerprint density at radius 2 is 1.86 bits per heavy atom. The molecule has 118 valence electrons. The molecule has 0 unspecified atom stereocenters. The number of barbiturate groups is 1. The van der Waals surface area contributed by atoms with Crippen LogP contribution >= 0.6 is 0 Å². The Labute approximate surface area is 124 Å². The predicted molar refractivity (Wildman–Crippen MR) is 75.5 cm³/mol. The van der Waals surface area contributed by atoms with Gasteiger partial charge in [-0.25, -0.2) is 4.79 Å². The van der Waals surface area contributed by atoms with Gasteiger partial charge in [0.25, 0.3) is 0 Å². The van der Waals surface area contributed by atoms with Gasteiger partial charge in [-0.1, -0.05) is 12.8 Å². The SMILES string of the molecule is CN(C)CCOCCN1C(=O)NC(=O)C2(CCCC2)C1=O. The second-order valence-electron chi connectivity index (χ2n) is 5.92. The molecule has 0 aromatic carbocycles. The van der Waals surface area contributed by atoms with Crippen molar-refractivity contribution in [3.63, 3.8) is 0 Å². The molecule has 0 aromatic rings. The van der Waals surface area contributed by atoms with Crippen LogP contribution in [0.2, 0.25) is 0 Å². The maximum Gasteiger partial charge on any atom is 0.330 e. The zero-order chi connectivity index (χ0) is 15.5. The summed E-state index contributed by atoms with van der Waals surface area (Å²) in [6.45, 7) is 1.80. The van der Waals surface area contributed by atoms with Gasteiger partial charge in [0, 0.05) is 6.54 Å². The Morgan fingerprint density at radius 1 is 1.19 bits per heavy atom. The van der Waals surface area contributed by atoms with E-state index in [1.54, 1.807) is 0 Å². The normalized spacial score (nSPS) is 21.5. The van der Waals surface area contributed by atoms with E-state index in [9.17, 15) is 14.4 Å². The van der Waals surface area contributed by atoms with Crippen molar-refractivity contribution in [2.24, 2.45) is 5.41 Å². The molecule has 1 heterocycles. The topological polar surface area (TPSA) is 79.0 Å². The van der Waals surface area contributed by atoms with Crippen LogP contribution in [0.5, 0.6) is 0 Å². The van der Waals surface area contributed by atoms with Gasteiger partial charge in [0.05, 0.1) is 19.8 Å². The number of ether oxygens (including phenoxy) is 1. The van der Waals surface area contributed by atoms with Crippen molar-refractivity contribution < 1.29 is 19.1 Å². The fourth-order valence-corrected chi connectivity index (χ4v) is 2.86. The maximum absolute atomic E-state index is 12.5. The number of urea groups is 1. The molecule has 7 nitrogen and oxygen atoms in total. The number of rotatable bonds is 6. The van der Waals surface area contributed by atoms with Crippen LogP contribution < -0.4 is 5.32 Å². The minimum atomic E-state index is -1.02. The Bertz CT molecular complexity index is 430. The van der Waals surface area contributed by atoms with Crippen molar-refractivity contribution >= 4 is 17.8 Å². The minimum absolute atomic E-state index is 0.188. The van der Waals surface area contributed by atoms with E-state index in [1.165, 1.54) is 0 Å². The molecule has 2 rings (SSSR count). The highest BCUT2D eigenvalue weighted by Gasteiger charge is 2.54. The molecule has 2 fully saturated rings. The van der Waals surface area contributed by atoms with E-state index >= 15 is 0 Å². The number of likely N-dealkylation sites (N-methyl/N-ethyl adjacent to an activating group) is 1. The monoisotopic (exact) mass is 297 g/mol. The Hall–Kier alpha value is -1.47. The minimum Gasteiger partial charge on any atom is -0.378 e. The predicted octanol–water partition coefficient (Wildman–Crippen LogP) is 0.203. The van der Waals surface area contributed by atoms with E-state index < -0.39 is 17.4 Å². The lowest BCUT2D eigenvalue weighted by molar-refractivity contribution is -0.151. The van der Waals surface area contributed by atoms with Crippen LogP contribution in [0, 0.1) is 5.41 Å². The van der Waals surface area contributed by atoms with Crippen molar-refractivity contribution in [1.29, 1.82) is 0 Å². The first-order valence-electron chi connectivity index (χ1n) is 7.37. The van der Waals surface area contributed by atoms with Crippen molar-refractivity contribution in [1.82, 2.24) is 15.1 Å². The first-order chi connectivity index (χ1) is 9.97. The molecule has 7 heteroatoms. The fourth-order valence-electron chi connectivity index (χ4n) is 2.86. The van der Waals surface area contributed by atoms with Gasteiger partial charge in [-0.3, -0.25) is 19.8 Å². The number of hydrogen-bond acceptors (Lipinski definition) is 5. The molecule has 4 amide bonds. The molecule has 1 spiro atoms. The largest absolute Gasteiger partial charge is 0.378 e. The highest BCUT2D eigenvalue weighted by molar-refractivity contribution is 6.19. The first kappa shape index (κ1) is 15.9. The average molecular weight is 297 g/mol. The average Bonchev–Trinajstić information content (AvgIpc) is 2.90. The lowest BCUT2D eigenvalue weighted by Gasteiger charge is -2.36. The van der Waals surface area contributed by atoms with E-state index in [-0.39, 0.29) is 19.1 Å². The van der Waals surface area contributed by atoms with Crippen molar-refractivity contribution in [3.05, 3.63) is 0 Å². The van der Waals surface area contributed by atoms with Gasteiger partial charge in [0.2, 0.25) is 11.8 Å². The molecule has 21 heavy (non-hydrogen) atoms. The van der Waals surface area contributed by atoms with Gasteiger partial charge in [0.15, 0.2) is 0 Å². The van der Waals surface area contributed by atoms with Gasteiger partial charge in [-0.2, -0.15) is 0 Å². The number of nitrogens with zero attached hydrogens (tertiary/aromatic N) is 2. The van der Waals surface area contributed by atoms with Crippen LogP contribution in [0.1, 0.15) is 25.7 Å². The number of hydrogen-bond donors (Lipinski definition) is 1. The number of nitrogens with one attached hydrogen (secondary N) is 1. The van der Waals surface area contributed by atoms with Gasteiger partial charge >= 0.3 is 6.03 Å². The standard InChI is InChI=1S/C14H23N3O4/c1-16(2)7-9-21-10-8-17-12(19)14(5-3-4-6-14)11(18)15-13(17)20/h3-10H2,1-2H3,(H,15,18,20). The fraction of sp³-hybridized carbons (Fsp3) is 0.786. The quantitative estimate of drug-likeness (QED) is 0.560. The van der Waals surface area contributed by atoms with Crippen LogP contribution in [0.25, 0.3) is 0 Å². The summed E-state index contributed by atoms with van der Waals surface area (Å²) < 4.78 is 5.42. The van der Waals surface area contributed by atoms with Crippen molar-refractivity contribution in [2.45, 2.75) is 25.7 Å². The van der Waals surface area contributed by atoms with Crippen LogP contribution in [0.3, 0.4) is 0 Å². The molecule has 2 aliphatic rings. The molecule has 1 aliphatic carbocycles. The Balaban J connectivity index is 1.91. The zero-order valence-corrected chi connectivity index (χ0v) is 12.7. The van der Waals surface area contributed by atoms with E-state index in [4.69, 9.17) is 4.74 Å². The highest BCUT2D eigenvalue weighted by atomic mass is 16.5. The Kier molecular flexibility index (Phi) is 4.95. The first-order valence-corrected chi connectivity index (χ1v) is 7.37. The molecule has 0 atom stereocenters. The van der Waals surface area contributed by atoms with Gasteiger partial charge in [0.1, 0.15) is 5.41 Å². The summed E-state index contributed by atoms with van der Waals surface area (Å²) in [6.07, 6.45) is 2.76. The summed E-state index contributed by atoms with van der Waals surface area (Å²) in [4.78, 5) is 39.5. The molecule has 1 saturated heterocycles. The van der Waals surface area contributed by atoms with Gasteiger partial charge < -0.3 is 9.64 Å². The second-order valence-corrected chi connectivity index (χ2v) is 5.92. The smallest absolute Gasteiger partial charge is 0.330 e. The van der Waals surface area contributed by atoms with E-state index in [0.717, 1.165) is 24.3 Å². The third kappa shape index (κ3) is 3.24. The summed E-state index contributed by atoms with van der Waals surface area (Å²) in [5, 5.41) is 2.32. The molecule has 0 radical (unpaired) electrons. The molecular formula is C14H23N3O4. The van der Waals surface area contributed by atoms with Gasteiger partial charge in [-0.05, 0) is 26.9 Å². The van der Waals surface area contributed by atoms with Crippen molar-refractivity contribution in [2.75, 3.05) is 40.4 Å². The van der Waals surface area contributed by atoms with E-state index in [0.29, 0.717) is 19.4 Å². The molecule has 1 aliphatic heterocycles. The summed E-state index contributed by atoms with van der Waals surface area (Å²) in [6, 6.07) is -0.626. The van der Waals surface area contributed by atoms with Gasteiger partial charge in [-0.15, -0.1) is 0 Å².